The zero-order chi connectivity index (χ0) is 10.9. The quantitative estimate of drug-likeness (QED) is 0.732. The van der Waals surface area contributed by atoms with Gasteiger partial charge in [-0.2, -0.15) is 8.75 Å². The minimum absolute atomic E-state index is 0.0537. The molecule has 0 aliphatic rings. The largest absolute Gasteiger partial charge is 0.177 e. The highest BCUT2D eigenvalue weighted by Gasteiger charge is 2.22. The third kappa shape index (κ3) is 2.07. The Morgan fingerprint density at radius 2 is 1.67 bits per heavy atom. The lowest BCUT2D eigenvalue weighted by molar-refractivity contribution is 0.577. The van der Waals surface area contributed by atoms with Crippen molar-refractivity contribution in [3.63, 3.8) is 0 Å². The summed E-state index contributed by atoms with van der Waals surface area (Å²) in [7, 11) is 0. The van der Waals surface area contributed by atoms with Gasteiger partial charge < -0.3 is 0 Å². The first kappa shape index (κ1) is 10.3. The van der Waals surface area contributed by atoms with E-state index in [4.69, 9.17) is 0 Å². The first-order chi connectivity index (χ1) is 7.09. The monoisotopic (exact) mass is 218 g/mol. The van der Waals surface area contributed by atoms with E-state index in [-0.39, 0.29) is 5.41 Å². The summed E-state index contributed by atoms with van der Waals surface area (Å²) in [6.45, 7) is 6.49. The van der Waals surface area contributed by atoms with Gasteiger partial charge in [-0.15, -0.1) is 0 Å². The van der Waals surface area contributed by atoms with Gasteiger partial charge in [-0.1, -0.05) is 51.1 Å². The molecule has 78 valence electrons. The van der Waals surface area contributed by atoms with Crippen LogP contribution >= 0.6 is 11.7 Å². The molecular weight excluding hydrogens is 204 g/mol. The Morgan fingerprint density at radius 1 is 1.00 bits per heavy atom. The first-order valence-corrected chi connectivity index (χ1v) is 5.70. The topological polar surface area (TPSA) is 25.8 Å². The van der Waals surface area contributed by atoms with E-state index >= 15 is 0 Å². The lowest BCUT2D eigenvalue weighted by atomic mass is 9.89. The predicted molar refractivity (Wildman–Crippen MR) is 64.0 cm³/mol. The fourth-order valence-electron chi connectivity index (χ4n) is 1.47. The SMILES string of the molecule is CC(C)(C)c1nsnc1-c1ccccc1. The molecule has 0 saturated carbocycles. The Hall–Kier alpha value is -1.22. The molecule has 15 heavy (non-hydrogen) atoms. The fraction of sp³-hybridized carbons (Fsp3) is 0.333. The maximum Gasteiger partial charge on any atom is 0.108 e. The van der Waals surface area contributed by atoms with E-state index in [9.17, 15) is 0 Å². The van der Waals surface area contributed by atoms with Crippen LogP contribution in [0.3, 0.4) is 0 Å². The van der Waals surface area contributed by atoms with Gasteiger partial charge in [0, 0.05) is 11.0 Å². The van der Waals surface area contributed by atoms with Crippen molar-refractivity contribution in [2.24, 2.45) is 0 Å². The molecule has 0 fully saturated rings. The Bertz CT molecular complexity index is 440. The van der Waals surface area contributed by atoms with Crippen molar-refractivity contribution in [1.29, 1.82) is 0 Å². The van der Waals surface area contributed by atoms with Gasteiger partial charge in [-0.3, -0.25) is 0 Å². The van der Waals surface area contributed by atoms with E-state index in [0.717, 1.165) is 17.0 Å². The lowest BCUT2D eigenvalue weighted by Gasteiger charge is -2.16. The van der Waals surface area contributed by atoms with E-state index in [2.05, 4.69) is 41.7 Å². The second kappa shape index (κ2) is 3.74. The third-order valence-corrected chi connectivity index (χ3v) is 2.77. The fourth-order valence-corrected chi connectivity index (χ4v) is 2.22. The van der Waals surface area contributed by atoms with Crippen molar-refractivity contribution >= 4 is 11.7 Å². The highest BCUT2D eigenvalue weighted by atomic mass is 32.1. The van der Waals surface area contributed by atoms with Gasteiger partial charge in [0.2, 0.25) is 0 Å². The van der Waals surface area contributed by atoms with Crippen molar-refractivity contribution in [2.45, 2.75) is 26.2 Å². The van der Waals surface area contributed by atoms with Crippen LogP contribution in [0.4, 0.5) is 0 Å². The molecule has 2 rings (SSSR count). The molecule has 0 amide bonds. The van der Waals surface area contributed by atoms with Crippen molar-refractivity contribution in [3.05, 3.63) is 36.0 Å². The maximum atomic E-state index is 4.39. The van der Waals surface area contributed by atoms with Gasteiger partial charge in [-0.25, -0.2) is 0 Å². The number of aromatic nitrogens is 2. The molecule has 0 spiro atoms. The van der Waals surface area contributed by atoms with Crippen molar-refractivity contribution in [3.8, 4) is 11.3 Å². The molecular formula is C12H14N2S. The van der Waals surface area contributed by atoms with Crippen LogP contribution in [0.5, 0.6) is 0 Å². The summed E-state index contributed by atoms with van der Waals surface area (Å²) in [6, 6.07) is 10.2. The van der Waals surface area contributed by atoms with Gasteiger partial charge >= 0.3 is 0 Å². The van der Waals surface area contributed by atoms with E-state index in [0.29, 0.717) is 0 Å². The van der Waals surface area contributed by atoms with Crippen LogP contribution in [-0.2, 0) is 5.41 Å². The van der Waals surface area contributed by atoms with Gasteiger partial charge in [-0.05, 0) is 0 Å². The Morgan fingerprint density at radius 3 is 2.27 bits per heavy atom. The number of hydrogen-bond donors (Lipinski definition) is 0. The van der Waals surface area contributed by atoms with E-state index in [1.165, 1.54) is 11.7 Å². The van der Waals surface area contributed by atoms with Crippen molar-refractivity contribution < 1.29 is 0 Å². The van der Waals surface area contributed by atoms with Crippen LogP contribution in [-0.4, -0.2) is 8.75 Å². The van der Waals surface area contributed by atoms with Gasteiger partial charge in [0.25, 0.3) is 0 Å². The van der Waals surface area contributed by atoms with Crippen LogP contribution in [0, 0.1) is 0 Å². The van der Waals surface area contributed by atoms with Crippen LogP contribution in [0.15, 0.2) is 30.3 Å². The smallest absolute Gasteiger partial charge is 0.108 e. The van der Waals surface area contributed by atoms with Gasteiger partial charge in [0.1, 0.15) is 5.69 Å². The van der Waals surface area contributed by atoms with Gasteiger partial charge in [0.15, 0.2) is 0 Å². The number of nitrogens with zero attached hydrogens (tertiary/aromatic N) is 2. The zero-order valence-corrected chi connectivity index (χ0v) is 10.0. The summed E-state index contributed by atoms with van der Waals surface area (Å²) >= 11 is 1.29. The highest BCUT2D eigenvalue weighted by Crippen LogP contribution is 2.30. The molecule has 2 nitrogen and oxygen atoms in total. The van der Waals surface area contributed by atoms with Crippen LogP contribution < -0.4 is 0 Å². The van der Waals surface area contributed by atoms with E-state index < -0.39 is 0 Å². The molecule has 0 atom stereocenters. The summed E-state index contributed by atoms with van der Waals surface area (Å²) in [5.74, 6) is 0. The standard InChI is InChI=1S/C12H14N2S/c1-12(2,3)11-10(13-15-14-11)9-7-5-4-6-8-9/h4-8H,1-3H3. The average Bonchev–Trinajstić information content (AvgIpc) is 2.67. The zero-order valence-electron chi connectivity index (χ0n) is 9.19. The highest BCUT2D eigenvalue weighted by molar-refractivity contribution is 6.99. The van der Waals surface area contributed by atoms with Crippen LogP contribution in [0.2, 0.25) is 0 Å². The molecule has 1 heterocycles. The van der Waals surface area contributed by atoms with Crippen molar-refractivity contribution in [2.75, 3.05) is 0 Å². The molecule has 0 unspecified atom stereocenters. The number of hydrogen-bond acceptors (Lipinski definition) is 3. The van der Waals surface area contributed by atoms with Crippen LogP contribution in [0.1, 0.15) is 26.5 Å². The summed E-state index contributed by atoms with van der Waals surface area (Å²) in [4.78, 5) is 0. The molecule has 1 aromatic carbocycles. The molecule has 0 saturated heterocycles. The average molecular weight is 218 g/mol. The molecule has 3 heteroatoms. The first-order valence-electron chi connectivity index (χ1n) is 4.97. The number of benzene rings is 1. The van der Waals surface area contributed by atoms with Crippen molar-refractivity contribution in [1.82, 2.24) is 8.75 Å². The van der Waals surface area contributed by atoms with Crippen LogP contribution in [0.25, 0.3) is 11.3 Å². The molecule has 1 aromatic heterocycles. The predicted octanol–water partition coefficient (Wildman–Crippen LogP) is 3.50. The minimum Gasteiger partial charge on any atom is -0.177 e. The second-order valence-electron chi connectivity index (χ2n) is 4.58. The maximum absolute atomic E-state index is 4.39. The lowest BCUT2D eigenvalue weighted by Crippen LogP contribution is -2.12. The molecule has 0 aliphatic heterocycles. The Labute approximate surface area is 94.3 Å². The molecule has 0 radical (unpaired) electrons. The summed E-state index contributed by atoms with van der Waals surface area (Å²) in [6.07, 6.45) is 0. The van der Waals surface area contributed by atoms with E-state index in [1.54, 1.807) is 0 Å². The summed E-state index contributed by atoms with van der Waals surface area (Å²) in [5.41, 5.74) is 3.31. The van der Waals surface area contributed by atoms with Gasteiger partial charge in [0.05, 0.1) is 17.4 Å². The minimum atomic E-state index is 0.0537. The second-order valence-corrected chi connectivity index (χ2v) is 5.11. The normalized spacial score (nSPS) is 11.7. The van der Waals surface area contributed by atoms with E-state index in [1.807, 2.05) is 18.2 Å². The summed E-state index contributed by atoms with van der Waals surface area (Å²) < 4.78 is 8.78. The summed E-state index contributed by atoms with van der Waals surface area (Å²) in [5, 5.41) is 0. The Balaban J connectivity index is 2.51. The molecule has 2 aromatic rings. The molecule has 0 bridgehead atoms. The third-order valence-electron chi connectivity index (χ3n) is 2.25. The Kier molecular flexibility index (Phi) is 2.57. The number of rotatable bonds is 1. The molecule has 0 aliphatic carbocycles. The molecule has 0 N–H and O–H groups in total.